The molecule has 0 saturated heterocycles. The largest absolute Gasteiger partial charge is 0.369 e. The van der Waals surface area contributed by atoms with Gasteiger partial charge in [-0.3, -0.25) is 4.79 Å². The predicted octanol–water partition coefficient (Wildman–Crippen LogP) is 4.80. The molecule has 4 aromatic rings. The molecular formula is C26H26N4O. The lowest BCUT2D eigenvalue weighted by atomic mass is 9.99. The summed E-state index contributed by atoms with van der Waals surface area (Å²) < 4.78 is 0. The molecule has 0 aliphatic rings. The second-order valence-electron chi connectivity index (χ2n) is 7.91. The van der Waals surface area contributed by atoms with Crippen LogP contribution in [0, 0.1) is 13.8 Å². The molecule has 3 aromatic carbocycles. The van der Waals surface area contributed by atoms with Crippen molar-refractivity contribution >= 4 is 11.9 Å². The minimum absolute atomic E-state index is 0.00423. The van der Waals surface area contributed by atoms with Crippen LogP contribution >= 0.6 is 0 Å². The summed E-state index contributed by atoms with van der Waals surface area (Å²) >= 11 is 0. The van der Waals surface area contributed by atoms with Gasteiger partial charge in [-0.25, -0.2) is 4.98 Å². The molecule has 0 bridgehead atoms. The van der Waals surface area contributed by atoms with Gasteiger partial charge >= 0.3 is 0 Å². The number of hydrogen-bond donors (Lipinski definition) is 3. The Labute approximate surface area is 182 Å². The van der Waals surface area contributed by atoms with Crippen LogP contribution in [-0.4, -0.2) is 15.9 Å². The van der Waals surface area contributed by atoms with E-state index in [0.717, 1.165) is 27.9 Å². The molecule has 4 rings (SSSR count). The van der Waals surface area contributed by atoms with Crippen LogP contribution in [0.3, 0.4) is 0 Å². The number of rotatable bonds is 6. The highest BCUT2D eigenvalue weighted by atomic mass is 16.1. The smallest absolute Gasteiger partial charge is 0.224 e. The SMILES string of the molecule is Cc1cc(C)cc(-c2ccc(CC(=O)NCc3ccc(-c4cnc(N)[nH]4)cc3)cc2)c1. The van der Waals surface area contributed by atoms with E-state index < -0.39 is 0 Å². The van der Waals surface area contributed by atoms with Crippen LogP contribution in [0.2, 0.25) is 0 Å². The lowest BCUT2D eigenvalue weighted by Crippen LogP contribution is -2.24. The van der Waals surface area contributed by atoms with Gasteiger partial charge in [-0.15, -0.1) is 0 Å². The number of anilines is 1. The molecule has 5 nitrogen and oxygen atoms in total. The number of hydrogen-bond acceptors (Lipinski definition) is 3. The number of aromatic nitrogens is 2. The maximum atomic E-state index is 12.4. The number of imidazole rings is 1. The number of aryl methyl sites for hydroxylation is 2. The molecule has 0 spiro atoms. The summed E-state index contributed by atoms with van der Waals surface area (Å²) in [6, 6.07) is 22.7. The molecule has 0 fully saturated rings. The van der Waals surface area contributed by atoms with E-state index in [4.69, 9.17) is 5.73 Å². The Bertz CT molecular complexity index is 1170. The maximum Gasteiger partial charge on any atom is 0.224 e. The Morgan fingerprint density at radius 2 is 1.48 bits per heavy atom. The number of nitrogens with one attached hydrogen (secondary N) is 2. The number of nitrogen functional groups attached to an aromatic ring is 1. The molecule has 0 radical (unpaired) electrons. The van der Waals surface area contributed by atoms with Crippen molar-refractivity contribution in [2.75, 3.05) is 5.73 Å². The molecule has 31 heavy (non-hydrogen) atoms. The van der Waals surface area contributed by atoms with Gasteiger partial charge in [0.1, 0.15) is 0 Å². The van der Waals surface area contributed by atoms with Crippen molar-refractivity contribution in [3.63, 3.8) is 0 Å². The molecule has 0 aliphatic carbocycles. The highest BCUT2D eigenvalue weighted by molar-refractivity contribution is 5.79. The third kappa shape index (κ3) is 5.20. The Balaban J connectivity index is 1.32. The van der Waals surface area contributed by atoms with Gasteiger partial charge in [-0.05, 0) is 41.7 Å². The number of amides is 1. The lowest BCUT2D eigenvalue weighted by Gasteiger charge is -2.08. The van der Waals surface area contributed by atoms with E-state index in [-0.39, 0.29) is 5.91 Å². The van der Waals surface area contributed by atoms with Crippen LogP contribution in [0.4, 0.5) is 5.95 Å². The van der Waals surface area contributed by atoms with Gasteiger partial charge in [0.2, 0.25) is 5.91 Å². The van der Waals surface area contributed by atoms with Gasteiger partial charge in [0, 0.05) is 6.54 Å². The fraction of sp³-hybridized carbons (Fsp3) is 0.154. The molecule has 156 valence electrons. The topological polar surface area (TPSA) is 83.8 Å². The van der Waals surface area contributed by atoms with E-state index in [9.17, 15) is 4.79 Å². The number of carbonyl (C=O) groups excluding carboxylic acids is 1. The van der Waals surface area contributed by atoms with Crippen LogP contribution < -0.4 is 11.1 Å². The van der Waals surface area contributed by atoms with Crippen LogP contribution in [0.5, 0.6) is 0 Å². The van der Waals surface area contributed by atoms with E-state index in [1.54, 1.807) is 6.20 Å². The zero-order valence-electron chi connectivity index (χ0n) is 17.8. The first-order valence-electron chi connectivity index (χ1n) is 10.3. The summed E-state index contributed by atoms with van der Waals surface area (Å²) in [6.45, 7) is 4.71. The third-order valence-corrected chi connectivity index (χ3v) is 5.22. The second-order valence-corrected chi connectivity index (χ2v) is 7.91. The lowest BCUT2D eigenvalue weighted by molar-refractivity contribution is -0.120. The summed E-state index contributed by atoms with van der Waals surface area (Å²) in [6.07, 6.45) is 2.07. The van der Waals surface area contributed by atoms with Crippen molar-refractivity contribution in [3.05, 3.63) is 95.2 Å². The molecule has 1 heterocycles. The number of H-pyrrole nitrogens is 1. The quantitative estimate of drug-likeness (QED) is 0.427. The standard InChI is InChI=1S/C26H26N4O/c1-17-11-18(2)13-23(12-17)21-7-3-19(4-8-21)14-25(31)28-15-20-5-9-22(10-6-20)24-16-29-26(27)30-24/h3-13,16H,14-15H2,1-2H3,(H,28,31)(H3,27,29,30). The zero-order valence-corrected chi connectivity index (χ0v) is 17.8. The van der Waals surface area contributed by atoms with Crippen LogP contribution in [-0.2, 0) is 17.8 Å². The molecular weight excluding hydrogens is 384 g/mol. The number of carbonyl (C=O) groups is 1. The number of nitrogens with zero attached hydrogens (tertiary/aromatic N) is 1. The Morgan fingerprint density at radius 1 is 0.871 bits per heavy atom. The molecule has 1 aromatic heterocycles. The third-order valence-electron chi connectivity index (χ3n) is 5.22. The summed E-state index contributed by atoms with van der Waals surface area (Å²) in [5, 5.41) is 2.99. The summed E-state index contributed by atoms with van der Waals surface area (Å²) in [7, 11) is 0. The van der Waals surface area contributed by atoms with Gasteiger partial charge in [0.25, 0.3) is 0 Å². The van der Waals surface area contributed by atoms with Gasteiger partial charge in [-0.1, -0.05) is 77.9 Å². The zero-order chi connectivity index (χ0) is 21.8. The molecule has 0 aliphatic heterocycles. The Kier molecular flexibility index (Phi) is 5.85. The van der Waals surface area contributed by atoms with E-state index in [1.807, 2.05) is 36.4 Å². The predicted molar refractivity (Wildman–Crippen MR) is 125 cm³/mol. The number of benzene rings is 3. The molecule has 4 N–H and O–H groups in total. The average molecular weight is 411 g/mol. The van der Waals surface area contributed by atoms with Crippen molar-refractivity contribution in [1.82, 2.24) is 15.3 Å². The molecule has 1 amide bonds. The summed E-state index contributed by atoms with van der Waals surface area (Å²) in [5.41, 5.74) is 14.4. The molecule has 5 heteroatoms. The number of aromatic amines is 1. The van der Waals surface area contributed by atoms with Crippen molar-refractivity contribution in [1.29, 1.82) is 0 Å². The Hall–Kier alpha value is -3.86. The van der Waals surface area contributed by atoms with E-state index in [1.165, 1.54) is 16.7 Å². The first-order valence-corrected chi connectivity index (χ1v) is 10.3. The summed E-state index contributed by atoms with van der Waals surface area (Å²) in [5.74, 6) is 0.401. The maximum absolute atomic E-state index is 12.4. The van der Waals surface area contributed by atoms with Crippen molar-refractivity contribution < 1.29 is 4.79 Å². The minimum atomic E-state index is 0.00423. The van der Waals surface area contributed by atoms with Crippen molar-refractivity contribution in [2.45, 2.75) is 26.8 Å². The minimum Gasteiger partial charge on any atom is -0.369 e. The first-order chi connectivity index (χ1) is 15.0. The summed E-state index contributed by atoms with van der Waals surface area (Å²) in [4.78, 5) is 19.4. The van der Waals surface area contributed by atoms with E-state index in [0.29, 0.717) is 18.9 Å². The highest BCUT2D eigenvalue weighted by Gasteiger charge is 2.06. The van der Waals surface area contributed by atoms with Crippen molar-refractivity contribution in [3.8, 4) is 22.4 Å². The first kappa shape index (κ1) is 20.4. The molecule has 0 unspecified atom stereocenters. The van der Waals surface area contributed by atoms with Crippen LogP contribution in [0.25, 0.3) is 22.4 Å². The second kappa shape index (κ2) is 8.88. The molecule has 0 atom stereocenters. The number of nitrogens with two attached hydrogens (primary N) is 1. The monoisotopic (exact) mass is 410 g/mol. The Morgan fingerprint density at radius 3 is 2.10 bits per heavy atom. The average Bonchev–Trinajstić information content (AvgIpc) is 3.19. The normalized spacial score (nSPS) is 10.8. The van der Waals surface area contributed by atoms with E-state index >= 15 is 0 Å². The van der Waals surface area contributed by atoms with Crippen molar-refractivity contribution in [2.24, 2.45) is 0 Å². The molecule has 0 saturated carbocycles. The van der Waals surface area contributed by atoms with E-state index in [2.05, 4.69) is 59.5 Å². The van der Waals surface area contributed by atoms with Crippen LogP contribution in [0.15, 0.2) is 72.9 Å². The fourth-order valence-electron chi connectivity index (χ4n) is 3.69. The van der Waals surface area contributed by atoms with Gasteiger partial charge < -0.3 is 16.0 Å². The fourth-order valence-corrected chi connectivity index (χ4v) is 3.69. The van der Waals surface area contributed by atoms with Crippen LogP contribution in [0.1, 0.15) is 22.3 Å². The highest BCUT2D eigenvalue weighted by Crippen LogP contribution is 2.23. The van der Waals surface area contributed by atoms with Gasteiger partial charge in [0.05, 0.1) is 18.3 Å². The van der Waals surface area contributed by atoms with Gasteiger partial charge in [0.15, 0.2) is 5.95 Å². The van der Waals surface area contributed by atoms with Gasteiger partial charge in [-0.2, -0.15) is 0 Å².